The van der Waals surface area contributed by atoms with Gasteiger partial charge in [-0.1, -0.05) is 23.8 Å². The molecule has 2 aromatic carbocycles. The normalized spacial score (nSPS) is 10.3. The molecule has 1 N–H and O–H groups in total. The molecule has 0 atom stereocenters. The van der Waals surface area contributed by atoms with Gasteiger partial charge in [0.25, 0.3) is 0 Å². The summed E-state index contributed by atoms with van der Waals surface area (Å²) in [6, 6.07) is 13.3. The Labute approximate surface area is 158 Å². The fourth-order valence-electron chi connectivity index (χ4n) is 2.42. The molecule has 0 radical (unpaired) electrons. The number of amides is 2. The van der Waals surface area contributed by atoms with Gasteiger partial charge in [-0.25, -0.2) is 0 Å². The number of rotatable bonds is 7. The van der Waals surface area contributed by atoms with E-state index in [1.54, 1.807) is 38.4 Å². The summed E-state index contributed by atoms with van der Waals surface area (Å²) in [5.41, 5.74) is 2.99. The van der Waals surface area contributed by atoms with Gasteiger partial charge in [-0.05, 0) is 37.6 Å². The van der Waals surface area contributed by atoms with Crippen molar-refractivity contribution in [2.24, 2.45) is 0 Å². The van der Waals surface area contributed by atoms with Crippen LogP contribution >= 0.6 is 11.8 Å². The number of nitrogens with zero attached hydrogens (tertiary/aromatic N) is 1. The van der Waals surface area contributed by atoms with Crippen molar-refractivity contribution in [2.45, 2.75) is 18.7 Å². The molecule has 0 spiro atoms. The van der Waals surface area contributed by atoms with Gasteiger partial charge < -0.3 is 15.0 Å². The minimum Gasteiger partial charge on any atom is -0.497 e. The summed E-state index contributed by atoms with van der Waals surface area (Å²) in [4.78, 5) is 26.9. The van der Waals surface area contributed by atoms with Gasteiger partial charge >= 0.3 is 0 Å². The predicted molar refractivity (Wildman–Crippen MR) is 106 cm³/mol. The quantitative estimate of drug-likeness (QED) is 0.756. The second kappa shape index (κ2) is 9.29. The van der Waals surface area contributed by atoms with Crippen molar-refractivity contribution in [1.82, 2.24) is 4.90 Å². The number of aryl methyl sites for hydroxylation is 2. The second-order valence-electron chi connectivity index (χ2n) is 6.09. The number of nitrogens with one attached hydrogen (secondary N) is 1. The number of anilines is 1. The number of methoxy groups -OCH3 is 1. The lowest BCUT2D eigenvalue weighted by Crippen LogP contribution is -2.35. The predicted octanol–water partition coefficient (Wildman–Crippen LogP) is 3.50. The number of carbonyl (C=O) groups excluding carboxylic acids is 2. The third kappa shape index (κ3) is 5.81. The van der Waals surface area contributed by atoms with Gasteiger partial charge in [-0.3, -0.25) is 9.59 Å². The van der Waals surface area contributed by atoms with Crippen LogP contribution in [0.5, 0.6) is 5.75 Å². The molecule has 26 heavy (non-hydrogen) atoms. The third-order valence-electron chi connectivity index (χ3n) is 3.84. The van der Waals surface area contributed by atoms with E-state index in [1.165, 1.54) is 22.2 Å². The van der Waals surface area contributed by atoms with Crippen molar-refractivity contribution >= 4 is 29.3 Å². The van der Waals surface area contributed by atoms with Crippen LogP contribution in [0.15, 0.2) is 47.4 Å². The lowest BCUT2D eigenvalue weighted by molar-refractivity contribution is -0.131. The number of hydrogen-bond acceptors (Lipinski definition) is 4. The van der Waals surface area contributed by atoms with Crippen LogP contribution in [0.1, 0.15) is 11.1 Å². The highest BCUT2D eigenvalue weighted by molar-refractivity contribution is 8.00. The third-order valence-corrected chi connectivity index (χ3v) is 5.00. The van der Waals surface area contributed by atoms with Gasteiger partial charge in [-0.15, -0.1) is 11.8 Å². The van der Waals surface area contributed by atoms with E-state index in [1.807, 2.05) is 26.0 Å². The van der Waals surface area contributed by atoms with Crippen LogP contribution in [-0.4, -0.2) is 43.2 Å². The summed E-state index contributed by atoms with van der Waals surface area (Å²) in [7, 11) is 3.21. The van der Waals surface area contributed by atoms with E-state index < -0.39 is 0 Å². The summed E-state index contributed by atoms with van der Waals surface area (Å²) in [5.74, 6) is 0.630. The van der Waals surface area contributed by atoms with Crippen LogP contribution in [0.2, 0.25) is 0 Å². The van der Waals surface area contributed by atoms with E-state index in [9.17, 15) is 9.59 Å². The zero-order chi connectivity index (χ0) is 19.1. The number of ether oxygens (including phenoxy) is 1. The summed E-state index contributed by atoms with van der Waals surface area (Å²) < 4.78 is 5.13. The van der Waals surface area contributed by atoms with Crippen LogP contribution in [0, 0.1) is 13.8 Å². The molecule has 0 unspecified atom stereocenters. The van der Waals surface area contributed by atoms with E-state index in [0.717, 1.165) is 10.5 Å². The maximum Gasteiger partial charge on any atom is 0.243 e. The molecule has 0 aliphatic heterocycles. The monoisotopic (exact) mass is 372 g/mol. The van der Waals surface area contributed by atoms with E-state index in [4.69, 9.17) is 4.74 Å². The number of carbonyl (C=O) groups is 2. The smallest absolute Gasteiger partial charge is 0.243 e. The highest BCUT2D eigenvalue weighted by Crippen LogP contribution is 2.23. The first-order chi connectivity index (χ1) is 12.4. The van der Waals surface area contributed by atoms with Crippen LogP contribution in [0.3, 0.4) is 0 Å². The first kappa shape index (κ1) is 19.8. The zero-order valence-corrected chi connectivity index (χ0v) is 16.4. The van der Waals surface area contributed by atoms with Crippen molar-refractivity contribution in [2.75, 3.05) is 31.8 Å². The molecule has 2 aromatic rings. The number of hydrogen-bond donors (Lipinski definition) is 1. The van der Waals surface area contributed by atoms with E-state index in [2.05, 4.69) is 11.4 Å². The first-order valence-corrected chi connectivity index (χ1v) is 9.25. The van der Waals surface area contributed by atoms with Gasteiger partial charge in [0.2, 0.25) is 11.8 Å². The molecular weight excluding hydrogens is 348 g/mol. The van der Waals surface area contributed by atoms with E-state index in [-0.39, 0.29) is 18.4 Å². The Morgan fingerprint density at radius 2 is 1.92 bits per heavy atom. The Kier molecular flexibility index (Phi) is 7.09. The standard InChI is InChI=1S/C20H24N2O3S/c1-14-8-9-18(15(2)10-14)26-13-20(24)22(3)12-19(23)21-16-6-5-7-17(11-16)25-4/h5-11H,12-13H2,1-4H3,(H,21,23). The first-order valence-electron chi connectivity index (χ1n) is 8.27. The van der Waals surface area contributed by atoms with Crippen LogP contribution in [0.4, 0.5) is 5.69 Å². The SMILES string of the molecule is COc1cccc(NC(=O)CN(C)C(=O)CSc2ccc(C)cc2C)c1. The molecule has 0 saturated heterocycles. The van der Waals surface area contributed by atoms with Crippen molar-refractivity contribution < 1.29 is 14.3 Å². The molecule has 0 bridgehead atoms. The maximum atomic E-state index is 12.3. The van der Waals surface area contributed by atoms with Gasteiger partial charge in [0, 0.05) is 23.7 Å². The highest BCUT2D eigenvalue weighted by atomic mass is 32.2. The van der Waals surface area contributed by atoms with Gasteiger partial charge in [0.05, 0.1) is 19.4 Å². The van der Waals surface area contributed by atoms with Crippen molar-refractivity contribution in [3.05, 3.63) is 53.6 Å². The molecule has 138 valence electrons. The molecule has 2 amide bonds. The van der Waals surface area contributed by atoms with Crippen LogP contribution in [0.25, 0.3) is 0 Å². The van der Waals surface area contributed by atoms with E-state index in [0.29, 0.717) is 17.2 Å². The molecule has 0 aliphatic carbocycles. The van der Waals surface area contributed by atoms with Crippen molar-refractivity contribution in [3.63, 3.8) is 0 Å². The van der Waals surface area contributed by atoms with Crippen molar-refractivity contribution in [3.8, 4) is 5.75 Å². The van der Waals surface area contributed by atoms with E-state index >= 15 is 0 Å². The Bertz CT molecular complexity index is 792. The molecule has 0 aliphatic rings. The minimum absolute atomic E-state index is 0.00346. The fraction of sp³-hybridized carbons (Fsp3) is 0.300. The minimum atomic E-state index is -0.245. The summed E-state index contributed by atoms with van der Waals surface area (Å²) >= 11 is 1.49. The molecule has 0 aromatic heterocycles. The number of benzene rings is 2. The van der Waals surface area contributed by atoms with Gasteiger partial charge in [0.1, 0.15) is 5.75 Å². The largest absolute Gasteiger partial charge is 0.497 e. The average Bonchev–Trinajstić information content (AvgIpc) is 2.60. The molecule has 6 heteroatoms. The molecular formula is C20H24N2O3S. The van der Waals surface area contributed by atoms with Gasteiger partial charge in [0.15, 0.2) is 0 Å². The fourth-order valence-corrected chi connectivity index (χ4v) is 3.37. The Morgan fingerprint density at radius 1 is 1.15 bits per heavy atom. The highest BCUT2D eigenvalue weighted by Gasteiger charge is 2.14. The Hall–Kier alpha value is -2.47. The average molecular weight is 372 g/mol. The summed E-state index contributed by atoms with van der Waals surface area (Å²) in [6.45, 7) is 4.08. The molecule has 5 nitrogen and oxygen atoms in total. The molecule has 0 saturated carbocycles. The molecule has 0 heterocycles. The maximum absolute atomic E-state index is 12.3. The Balaban J connectivity index is 1.84. The molecule has 2 rings (SSSR count). The van der Waals surface area contributed by atoms with Crippen LogP contribution < -0.4 is 10.1 Å². The lowest BCUT2D eigenvalue weighted by Gasteiger charge is -2.17. The summed E-state index contributed by atoms with van der Waals surface area (Å²) in [6.07, 6.45) is 0. The zero-order valence-electron chi connectivity index (χ0n) is 15.5. The second-order valence-corrected chi connectivity index (χ2v) is 7.10. The van der Waals surface area contributed by atoms with Crippen molar-refractivity contribution in [1.29, 1.82) is 0 Å². The number of likely N-dealkylation sites (N-methyl/N-ethyl adjacent to an activating group) is 1. The van der Waals surface area contributed by atoms with Crippen LogP contribution in [-0.2, 0) is 9.59 Å². The molecule has 0 fully saturated rings. The Morgan fingerprint density at radius 3 is 2.62 bits per heavy atom. The number of thioether (sulfide) groups is 1. The topological polar surface area (TPSA) is 58.6 Å². The lowest BCUT2D eigenvalue weighted by atomic mass is 10.2. The summed E-state index contributed by atoms with van der Waals surface area (Å²) in [5, 5.41) is 2.77. The van der Waals surface area contributed by atoms with Gasteiger partial charge in [-0.2, -0.15) is 0 Å².